The Labute approximate surface area is 105 Å². The third-order valence-corrected chi connectivity index (χ3v) is 3.09. The molecule has 2 rings (SSSR count). The van der Waals surface area contributed by atoms with Crippen LogP contribution in [0.1, 0.15) is 5.82 Å². The van der Waals surface area contributed by atoms with Gasteiger partial charge in [-0.15, -0.1) is 0 Å². The summed E-state index contributed by atoms with van der Waals surface area (Å²) in [6.45, 7) is 0. The van der Waals surface area contributed by atoms with Crippen molar-refractivity contribution in [3.63, 3.8) is 0 Å². The first-order valence-corrected chi connectivity index (χ1v) is 6.73. The maximum atomic E-state index is 12.6. The highest BCUT2D eigenvalue weighted by atomic mass is 32.2. The summed E-state index contributed by atoms with van der Waals surface area (Å²) in [4.78, 5) is 10.4. The summed E-state index contributed by atoms with van der Waals surface area (Å²) in [5, 5.41) is -0.362. The molecule has 0 aliphatic heterocycles. The van der Waals surface area contributed by atoms with E-state index in [1.54, 1.807) is 0 Å². The fraction of sp³-hybridized carbons (Fsp3) is 0.222. The molecule has 0 fully saturated rings. The number of hydrogen-bond donors (Lipinski definition) is 0. The van der Waals surface area contributed by atoms with Crippen LogP contribution in [0.4, 0.5) is 13.2 Å². The van der Waals surface area contributed by atoms with Gasteiger partial charge in [-0.3, -0.25) is 4.57 Å². The highest BCUT2D eigenvalue weighted by Gasteiger charge is 2.37. The first-order chi connectivity index (χ1) is 8.69. The lowest BCUT2D eigenvalue weighted by Gasteiger charge is -2.09. The largest absolute Gasteiger partial charge is 0.450 e. The van der Waals surface area contributed by atoms with Crippen molar-refractivity contribution in [2.45, 2.75) is 11.2 Å². The molecule has 0 aliphatic carbocycles. The lowest BCUT2D eigenvalue weighted by molar-refractivity contribution is -0.146. The maximum Gasteiger partial charge on any atom is 0.450 e. The van der Waals surface area contributed by atoms with E-state index in [4.69, 9.17) is 0 Å². The Hall–Kier alpha value is -1.97. The van der Waals surface area contributed by atoms with Crippen molar-refractivity contribution in [1.82, 2.24) is 19.5 Å². The van der Waals surface area contributed by atoms with E-state index in [2.05, 4.69) is 15.0 Å². The van der Waals surface area contributed by atoms with Crippen molar-refractivity contribution >= 4 is 9.84 Å². The van der Waals surface area contributed by atoms with Crippen LogP contribution in [0.3, 0.4) is 0 Å². The van der Waals surface area contributed by atoms with E-state index in [-0.39, 0.29) is 5.03 Å². The molecule has 6 nitrogen and oxygen atoms in total. The van der Waals surface area contributed by atoms with Crippen molar-refractivity contribution in [3.05, 3.63) is 30.5 Å². The quantitative estimate of drug-likeness (QED) is 0.774. The van der Waals surface area contributed by atoms with Gasteiger partial charge in [-0.2, -0.15) is 13.2 Å². The third-order valence-electron chi connectivity index (χ3n) is 2.11. The summed E-state index contributed by atoms with van der Waals surface area (Å²) in [5.74, 6) is -1.63. The summed E-state index contributed by atoms with van der Waals surface area (Å²) >= 11 is 0. The van der Waals surface area contributed by atoms with Crippen LogP contribution in [0.5, 0.6) is 0 Å². The Balaban J connectivity index is 2.58. The van der Waals surface area contributed by atoms with Gasteiger partial charge in [-0.05, 0) is 6.07 Å². The lowest BCUT2D eigenvalue weighted by Crippen LogP contribution is -2.16. The number of halogens is 3. The van der Waals surface area contributed by atoms with Crippen molar-refractivity contribution in [2.75, 3.05) is 6.26 Å². The lowest BCUT2D eigenvalue weighted by atomic mass is 10.6. The number of sulfone groups is 1. The molecule has 0 amide bonds. The minimum absolute atomic E-state index is 0.362. The maximum absolute atomic E-state index is 12.6. The second kappa shape index (κ2) is 4.30. The molecule has 2 heterocycles. The van der Waals surface area contributed by atoms with Crippen LogP contribution in [0, 0.1) is 0 Å². The molecule has 102 valence electrons. The summed E-state index contributed by atoms with van der Waals surface area (Å²) in [6.07, 6.45) is -0.784. The Kier molecular flexibility index (Phi) is 3.04. The number of nitrogens with zero attached hydrogens (tertiary/aromatic N) is 4. The van der Waals surface area contributed by atoms with E-state index in [1.165, 1.54) is 0 Å². The normalized spacial score (nSPS) is 12.6. The molecule has 19 heavy (non-hydrogen) atoms. The van der Waals surface area contributed by atoms with E-state index in [1.807, 2.05) is 0 Å². The van der Waals surface area contributed by atoms with Gasteiger partial charge in [0.15, 0.2) is 14.9 Å². The molecule has 2 aromatic rings. The molecular weight excluding hydrogens is 285 g/mol. The zero-order chi connectivity index (χ0) is 14.3. The molecule has 0 N–H and O–H groups in total. The number of alkyl halides is 3. The zero-order valence-corrected chi connectivity index (χ0v) is 10.3. The second-order valence-corrected chi connectivity index (χ2v) is 5.55. The molecule has 0 atom stereocenters. The molecule has 0 bridgehead atoms. The summed E-state index contributed by atoms with van der Waals surface area (Å²) < 4.78 is 61.1. The van der Waals surface area contributed by atoms with Gasteiger partial charge in [0.05, 0.1) is 0 Å². The van der Waals surface area contributed by atoms with E-state index in [0.29, 0.717) is 4.57 Å². The first kappa shape index (κ1) is 13.5. The van der Waals surface area contributed by atoms with Crippen molar-refractivity contribution in [1.29, 1.82) is 0 Å². The highest BCUT2D eigenvalue weighted by Crippen LogP contribution is 2.28. The van der Waals surface area contributed by atoms with Crippen molar-refractivity contribution in [2.24, 2.45) is 0 Å². The number of rotatable bonds is 2. The van der Waals surface area contributed by atoms with Crippen LogP contribution in [-0.2, 0) is 16.0 Å². The van der Waals surface area contributed by atoms with Gasteiger partial charge in [0.2, 0.25) is 11.8 Å². The SMILES string of the molecule is CS(=O)(=O)c1ccnc(-n2ccnc2C(F)(F)F)n1. The van der Waals surface area contributed by atoms with E-state index < -0.39 is 27.8 Å². The van der Waals surface area contributed by atoms with Crippen molar-refractivity contribution < 1.29 is 21.6 Å². The van der Waals surface area contributed by atoms with Crippen LogP contribution in [0.2, 0.25) is 0 Å². The van der Waals surface area contributed by atoms with E-state index in [0.717, 1.165) is 30.9 Å². The average molecular weight is 292 g/mol. The monoisotopic (exact) mass is 292 g/mol. The summed E-state index contributed by atoms with van der Waals surface area (Å²) in [6, 6.07) is 1.10. The van der Waals surface area contributed by atoms with Crippen LogP contribution >= 0.6 is 0 Å². The summed E-state index contributed by atoms with van der Waals surface area (Å²) in [5.41, 5.74) is 0. The predicted molar refractivity (Wildman–Crippen MR) is 57.3 cm³/mol. The Morgan fingerprint density at radius 3 is 2.47 bits per heavy atom. The standard InChI is InChI=1S/C9H7F3N4O2S/c1-19(17,18)6-2-3-14-8(15-6)16-5-4-13-7(16)9(10,11)12/h2-5H,1H3. The molecule has 0 unspecified atom stereocenters. The highest BCUT2D eigenvalue weighted by molar-refractivity contribution is 7.90. The van der Waals surface area contributed by atoms with Gasteiger partial charge in [0, 0.05) is 24.8 Å². The van der Waals surface area contributed by atoms with Gasteiger partial charge in [0.1, 0.15) is 0 Å². The number of hydrogen-bond acceptors (Lipinski definition) is 5. The number of imidazole rings is 1. The topological polar surface area (TPSA) is 77.7 Å². The van der Waals surface area contributed by atoms with Crippen molar-refractivity contribution in [3.8, 4) is 5.95 Å². The molecule has 0 saturated carbocycles. The van der Waals surface area contributed by atoms with Crippen LogP contribution in [0.15, 0.2) is 29.7 Å². The Morgan fingerprint density at radius 1 is 1.21 bits per heavy atom. The fourth-order valence-corrected chi connectivity index (χ4v) is 1.89. The molecule has 10 heteroatoms. The van der Waals surface area contributed by atoms with Gasteiger partial charge in [0.25, 0.3) is 0 Å². The molecule has 2 aromatic heterocycles. The van der Waals surface area contributed by atoms with E-state index >= 15 is 0 Å². The average Bonchev–Trinajstić information content (AvgIpc) is 2.76. The van der Waals surface area contributed by atoms with Crippen LogP contribution < -0.4 is 0 Å². The molecule has 0 spiro atoms. The van der Waals surface area contributed by atoms with Crippen LogP contribution in [0.25, 0.3) is 5.95 Å². The summed E-state index contributed by atoms with van der Waals surface area (Å²) in [7, 11) is -3.63. The fourth-order valence-electron chi connectivity index (χ4n) is 1.33. The Morgan fingerprint density at radius 2 is 1.89 bits per heavy atom. The minimum atomic E-state index is -4.69. The Bertz CT molecular complexity index is 708. The minimum Gasteiger partial charge on any atom is -0.264 e. The first-order valence-electron chi connectivity index (χ1n) is 4.83. The smallest absolute Gasteiger partial charge is 0.264 e. The molecule has 0 radical (unpaired) electrons. The van der Waals surface area contributed by atoms with Gasteiger partial charge in [-0.25, -0.2) is 23.4 Å². The molecule has 0 saturated heterocycles. The second-order valence-electron chi connectivity index (χ2n) is 3.59. The van der Waals surface area contributed by atoms with Gasteiger partial charge < -0.3 is 0 Å². The molecule has 0 aromatic carbocycles. The zero-order valence-electron chi connectivity index (χ0n) is 9.46. The predicted octanol–water partition coefficient (Wildman–Crippen LogP) is 1.08. The molecular formula is C9H7F3N4O2S. The molecule has 0 aliphatic rings. The van der Waals surface area contributed by atoms with Gasteiger partial charge in [-0.1, -0.05) is 0 Å². The van der Waals surface area contributed by atoms with Crippen LogP contribution in [-0.4, -0.2) is 34.2 Å². The van der Waals surface area contributed by atoms with E-state index in [9.17, 15) is 21.6 Å². The number of aromatic nitrogens is 4. The van der Waals surface area contributed by atoms with Gasteiger partial charge >= 0.3 is 6.18 Å². The third kappa shape index (κ3) is 2.72.